The van der Waals surface area contributed by atoms with Gasteiger partial charge in [-0.25, -0.2) is 4.39 Å². The number of carbonyl (C=O) groups is 1. The number of halogens is 1. The Hall–Kier alpha value is -3.26. The predicted molar refractivity (Wildman–Crippen MR) is 123 cm³/mol. The van der Waals surface area contributed by atoms with Crippen LogP contribution in [0.5, 0.6) is 0 Å². The van der Waals surface area contributed by atoms with E-state index in [1.807, 2.05) is 4.57 Å². The minimum absolute atomic E-state index is 0.135. The molecule has 0 saturated carbocycles. The van der Waals surface area contributed by atoms with Crippen LogP contribution in [0, 0.1) is 17.1 Å². The molecule has 1 fully saturated rings. The molecular formula is C23H23FN6O2S. The first kappa shape index (κ1) is 22.9. The molecule has 0 aliphatic carbocycles. The summed E-state index contributed by atoms with van der Waals surface area (Å²) in [6.45, 7) is 4.56. The Balaban J connectivity index is 1.47. The van der Waals surface area contributed by atoms with E-state index < -0.39 is 0 Å². The molecule has 8 nitrogen and oxygen atoms in total. The molecule has 33 heavy (non-hydrogen) atoms. The molecule has 1 amide bonds. The van der Waals surface area contributed by atoms with Crippen LogP contribution in [0.2, 0.25) is 0 Å². The van der Waals surface area contributed by atoms with E-state index in [0.717, 1.165) is 25.2 Å². The molecule has 10 heteroatoms. The molecule has 170 valence electrons. The molecule has 0 radical (unpaired) electrons. The molecular weight excluding hydrogens is 443 g/mol. The van der Waals surface area contributed by atoms with Crippen molar-refractivity contribution >= 4 is 23.4 Å². The van der Waals surface area contributed by atoms with Crippen molar-refractivity contribution in [3.05, 3.63) is 59.9 Å². The number of nitriles is 1. The summed E-state index contributed by atoms with van der Waals surface area (Å²) in [6, 6.07) is 15.0. The van der Waals surface area contributed by atoms with Crippen molar-refractivity contribution in [1.82, 2.24) is 19.7 Å². The summed E-state index contributed by atoms with van der Waals surface area (Å²) < 4.78 is 20.8. The van der Waals surface area contributed by atoms with E-state index in [0.29, 0.717) is 42.0 Å². The number of aromatic nitrogens is 3. The van der Waals surface area contributed by atoms with E-state index in [1.54, 1.807) is 36.4 Å². The molecule has 1 saturated heterocycles. The van der Waals surface area contributed by atoms with Crippen molar-refractivity contribution in [1.29, 1.82) is 5.26 Å². The molecule has 0 bridgehead atoms. The maximum absolute atomic E-state index is 13.4. The summed E-state index contributed by atoms with van der Waals surface area (Å²) in [7, 11) is 0. The molecule has 4 rings (SSSR count). The van der Waals surface area contributed by atoms with Crippen LogP contribution >= 0.6 is 11.8 Å². The average molecular weight is 467 g/mol. The van der Waals surface area contributed by atoms with Crippen molar-refractivity contribution in [2.24, 2.45) is 0 Å². The smallest absolute Gasteiger partial charge is 0.234 e. The van der Waals surface area contributed by atoms with Gasteiger partial charge in [0.1, 0.15) is 5.82 Å². The lowest BCUT2D eigenvalue weighted by Gasteiger charge is -2.27. The molecule has 1 aliphatic rings. The number of anilines is 1. The van der Waals surface area contributed by atoms with Crippen LogP contribution < -0.4 is 5.32 Å². The average Bonchev–Trinajstić information content (AvgIpc) is 3.25. The summed E-state index contributed by atoms with van der Waals surface area (Å²) in [4.78, 5) is 14.8. The number of nitrogens with one attached hydrogen (secondary N) is 1. The molecule has 0 spiro atoms. The first-order valence-electron chi connectivity index (χ1n) is 10.5. The number of hydrogen-bond acceptors (Lipinski definition) is 7. The Morgan fingerprint density at radius 1 is 1.15 bits per heavy atom. The van der Waals surface area contributed by atoms with Crippen molar-refractivity contribution in [3.63, 3.8) is 0 Å². The number of nitrogens with zero attached hydrogens (tertiary/aromatic N) is 5. The Morgan fingerprint density at radius 3 is 2.70 bits per heavy atom. The van der Waals surface area contributed by atoms with Gasteiger partial charge in [0.2, 0.25) is 5.91 Å². The van der Waals surface area contributed by atoms with E-state index in [1.165, 1.54) is 23.9 Å². The lowest BCUT2D eigenvalue weighted by molar-refractivity contribution is -0.113. The predicted octanol–water partition coefficient (Wildman–Crippen LogP) is 3.02. The first-order chi connectivity index (χ1) is 16.1. The van der Waals surface area contributed by atoms with Crippen LogP contribution in [0.15, 0.2) is 53.7 Å². The van der Waals surface area contributed by atoms with Crippen LogP contribution in [0.25, 0.3) is 11.4 Å². The number of carbonyl (C=O) groups excluding carboxylic acids is 1. The molecule has 1 aromatic heterocycles. The number of morpholine rings is 1. The van der Waals surface area contributed by atoms with Crippen LogP contribution in [0.4, 0.5) is 10.1 Å². The highest BCUT2D eigenvalue weighted by molar-refractivity contribution is 7.99. The van der Waals surface area contributed by atoms with Gasteiger partial charge in [-0.3, -0.25) is 9.69 Å². The standard InChI is InChI=1S/C23H23FN6O2S/c24-19-6-4-18(5-7-19)22-27-28-23(30(22)9-8-29-10-12-32-13-11-29)33-16-21(31)26-20-3-1-2-17(14-20)15-25/h1-7,14H,8-13,16H2,(H,26,31). The number of ether oxygens (including phenoxy) is 1. The molecule has 0 atom stereocenters. The second kappa shape index (κ2) is 11.0. The number of rotatable bonds is 8. The zero-order valence-electron chi connectivity index (χ0n) is 17.9. The lowest BCUT2D eigenvalue weighted by atomic mass is 10.2. The fourth-order valence-corrected chi connectivity index (χ4v) is 4.23. The Kier molecular flexibility index (Phi) is 7.67. The Labute approximate surface area is 195 Å². The topological polar surface area (TPSA) is 96.1 Å². The van der Waals surface area contributed by atoms with Gasteiger partial charge in [0, 0.05) is 37.4 Å². The molecule has 2 aromatic carbocycles. The zero-order chi connectivity index (χ0) is 23.0. The van der Waals surface area contributed by atoms with Crippen molar-refractivity contribution in [3.8, 4) is 17.5 Å². The number of thioether (sulfide) groups is 1. The van der Waals surface area contributed by atoms with Crippen LogP contribution in [-0.2, 0) is 16.1 Å². The van der Waals surface area contributed by atoms with Gasteiger partial charge < -0.3 is 14.6 Å². The van der Waals surface area contributed by atoms with Crippen molar-refractivity contribution in [2.75, 3.05) is 43.9 Å². The number of hydrogen-bond donors (Lipinski definition) is 1. The van der Waals surface area contributed by atoms with Gasteiger partial charge in [0.25, 0.3) is 0 Å². The largest absolute Gasteiger partial charge is 0.379 e. The maximum atomic E-state index is 13.4. The quantitative estimate of drug-likeness (QED) is 0.510. The van der Waals surface area contributed by atoms with Gasteiger partial charge in [-0.1, -0.05) is 17.8 Å². The van der Waals surface area contributed by atoms with Crippen LogP contribution in [0.3, 0.4) is 0 Å². The van der Waals surface area contributed by atoms with Gasteiger partial charge in [0.15, 0.2) is 11.0 Å². The third kappa shape index (κ3) is 6.16. The highest BCUT2D eigenvalue weighted by Gasteiger charge is 2.18. The van der Waals surface area contributed by atoms with Crippen LogP contribution in [0.1, 0.15) is 5.56 Å². The fourth-order valence-electron chi connectivity index (χ4n) is 3.47. The molecule has 1 aliphatic heterocycles. The third-order valence-corrected chi connectivity index (χ3v) is 6.14. The van der Waals surface area contributed by atoms with E-state index in [-0.39, 0.29) is 17.5 Å². The van der Waals surface area contributed by atoms with E-state index >= 15 is 0 Å². The summed E-state index contributed by atoms with van der Waals surface area (Å²) in [5, 5.41) is 21.1. The van der Waals surface area contributed by atoms with Gasteiger partial charge in [-0.2, -0.15) is 5.26 Å². The van der Waals surface area contributed by atoms with Crippen LogP contribution in [-0.4, -0.2) is 64.2 Å². The maximum Gasteiger partial charge on any atom is 0.234 e. The Bertz CT molecular complexity index is 1140. The number of amides is 1. The highest BCUT2D eigenvalue weighted by atomic mass is 32.2. The Morgan fingerprint density at radius 2 is 1.94 bits per heavy atom. The second-order valence-electron chi connectivity index (χ2n) is 7.45. The van der Waals surface area contributed by atoms with Gasteiger partial charge in [-0.15, -0.1) is 10.2 Å². The van der Waals surface area contributed by atoms with Gasteiger partial charge >= 0.3 is 0 Å². The van der Waals surface area contributed by atoms with E-state index in [2.05, 4.69) is 26.5 Å². The third-order valence-electron chi connectivity index (χ3n) is 5.17. The molecule has 1 N–H and O–H groups in total. The lowest BCUT2D eigenvalue weighted by Crippen LogP contribution is -2.38. The summed E-state index contributed by atoms with van der Waals surface area (Å²) in [6.07, 6.45) is 0. The SMILES string of the molecule is N#Cc1cccc(NC(=O)CSc2nnc(-c3ccc(F)cc3)n2CCN2CCOCC2)c1. The fraction of sp³-hybridized carbons (Fsp3) is 0.304. The van der Waals surface area contributed by atoms with Crippen molar-refractivity contribution < 1.29 is 13.9 Å². The van der Waals surface area contributed by atoms with Crippen molar-refractivity contribution in [2.45, 2.75) is 11.7 Å². The minimum Gasteiger partial charge on any atom is -0.379 e. The first-order valence-corrected chi connectivity index (χ1v) is 11.5. The van der Waals surface area contributed by atoms with E-state index in [9.17, 15) is 9.18 Å². The zero-order valence-corrected chi connectivity index (χ0v) is 18.7. The van der Waals surface area contributed by atoms with Gasteiger partial charge in [-0.05, 0) is 42.5 Å². The monoisotopic (exact) mass is 466 g/mol. The van der Waals surface area contributed by atoms with E-state index in [4.69, 9.17) is 10.00 Å². The molecule has 2 heterocycles. The number of benzene rings is 2. The summed E-state index contributed by atoms with van der Waals surface area (Å²) >= 11 is 1.28. The highest BCUT2D eigenvalue weighted by Crippen LogP contribution is 2.25. The summed E-state index contributed by atoms with van der Waals surface area (Å²) in [5.74, 6) is 0.245. The summed E-state index contributed by atoms with van der Waals surface area (Å²) in [5.41, 5.74) is 1.81. The van der Waals surface area contributed by atoms with Gasteiger partial charge in [0.05, 0.1) is 30.6 Å². The normalized spacial score (nSPS) is 14.1. The molecule has 0 unspecified atom stereocenters. The minimum atomic E-state index is -0.315. The molecule has 3 aromatic rings. The second-order valence-corrected chi connectivity index (χ2v) is 8.39.